The number of anilines is 1. The molecule has 142 valence electrons. The molecule has 0 bridgehead atoms. The van der Waals surface area contributed by atoms with Crippen molar-refractivity contribution in [1.29, 1.82) is 5.26 Å². The van der Waals surface area contributed by atoms with Crippen LogP contribution >= 0.6 is 0 Å². The average Bonchev–Trinajstić information content (AvgIpc) is 3.39. The third-order valence-electron chi connectivity index (χ3n) is 4.57. The Balaban J connectivity index is 1.43. The summed E-state index contributed by atoms with van der Waals surface area (Å²) < 4.78 is 12.4. The Morgan fingerprint density at radius 1 is 1.18 bits per heavy atom. The van der Waals surface area contributed by atoms with Gasteiger partial charge in [0.1, 0.15) is 12.6 Å². The van der Waals surface area contributed by atoms with Gasteiger partial charge < -0.3 is 23.2 Å². The molecule has 0 spiro atoms. The number of hydrogen-bond acceptors (Lipinski definition) is 7. The number of nitrogens with zero attached hydrogens (tertiary/aromatic N) is 5. The first-order valence-corrected chi connectivity index (χ1v) is 8.78. The molecule has 4 rings (SSSR count). The second-order valence-corrected chi connectivity index (χ2v) is 6.30. The van der Waals surface area contributed by atoms with Gasteiger partial charge in [-0.1, -0.05) is 6.07 Å². The highest BCUT2D eigenvalue weighted by Crippen LogP contribution is 2.29. The van der Waals surface area contributed by atoms with E-state index in [-0.39, 0.29) is 29.6 Å². The van der Waals surface area contributed by atoms with Crippen molar-refractivity contribution in [1.82, 2.24) is 14.5 Å². The van der Waals surface area contributed by atoms with Crippen molar-refractivity contribution in [3.63, 3.8) is 0 Å². The van der Waals surface area contributed by atoms with Gasteiger partial charge in [-0.05, 0) is 18.2 Å². The third-order valence-corrected chi connectivity index (χ3v) is 4.57. The number of aromatic nitrogens is 2. The van der Waals surface area contributed by atoms with E-state index in [4.69, 9.17) is 8.83 Å². The number of carbonyl (C=O) groups excluding carboxylic acids is 1. The lowest BCUT2D eigenvalue weighted by Crippen LogP contribution is -2.50. The largest absolute Gasteiger partial charge is 0.459 e. The average molecular weight is 379 g/mol. The molecule has 1 saturated heterocycles. The van der Waals surface area contributed by atoms with Gasteiger partial charge in [0.05, 0.1) is 6.26 Å². The first-order chi connectivity index (χ1) is 13.7. The second kappa shape index (κ2) is 7.44. The Labute approximate surface area is 160 Å². The zero-order valence-electron chi connectivity index (χ0n) is 14.9. The monoisotopic (exact) mass is 379 g/mol. The molecular formula is C19H17N5O4. The maximum Gasteiger partial charge on any atom is 0.266 e. The molecule has 9 heteroatoms. The summed E-state index contributed by atoms with van der Waals surface area (Å²) in [6, 6.07) is 10.3. The molecule has 1 aliphatic rings. The van der Waals surface area contributed by atoms with Gasteiger partial charge in [-0.2, -0.15) is 10.2 Å². The van der Waals surface area contributed by atoms with Gasteiger partial charge in [0.25, 0.3) is 11.4 Å². The van der Waals surface area contributed by atoms with Gasteiger partial charge in [0.15, 0.2) is 5.76 Å². The van der Waals surface area contributed by atoms with E-state index in [9.17, 15) is 14.9 Å². The van der Waals surface area contributed by atoms with Crippen LogP contribution in [0.4, 0.5) is 5.88 Å². The van der Waals surface area contributed by atoms with Gasteiger partial charge in [-0.3, -0.25) is 9.59 Å². The standard InChI is InChI=1S/C19H17N5O4/c20-12-14-19(28-18(21-14)15-4-3-11-27-15)23-9-7-22(8-10-23)17(26)13-24-6-2-1-5-16(24)25/h1-6,11H,7-10,13H2. The summed E-state index contributed by atoms with van der Waals surface area (Å²) in [5.74, 6) is 0.950. The molecule has 3 aromatic rings. The van der Waals surface area contributed by atoms with Crippen LogP contribution in [0.2, 0.25) is 0 Å². The van der Waals surface area contributed by atoms with Crippen LogP contribution in [0, 0.1) is 11.3 Å². The SMILES string of the molecule is N#Cc1nc(-c2ccco2)oc1N1CCN(C(=O)Cn2ccccc2=O)CC1. The normalized spacial score (nSPS) is 14.1. The lowest BCUT2D eigenvalue weighted by Gasteiger charge is -2.34. The van der Waals surface area contributed by atoms with Crippen LogP contribution in [0.3, 0.4) is 0 Å². The summed E-state index contributed by atoms with van der Waals surface area (Å²) in [5, 5.41) is 9.36. The fraction of sp³-hybridized carbons (Fsp3) is 0.263. The summed E-state index contributed by atoms with van der Waals surface area (Å²) in [6.45, 7) is 1.92. The number of furan rings is 1. The van der Waals surface area contributed by atoms with E-state index < -0.39 is 0 Å². The Morgan fingerprint density at radius 3 is 2.68 bits per heavy atom. The fourth-order valence-electron chi connectivity index (χ4n) is 3.10. The van der Waals surface area contributed by atoms with Crippen LogP contribution in [0.1, 0.15) is 5.69 Å². The minimum Gasteiger partial charge on any atom is -0.459 e. The highest BCUT2D eigenvalue weighted by molar-refractivity contribution is 5.76. The number of pyridine rings is 1. The van der Waals surface area contributed by atoms with E-state index in [1.54, 1.807) is 35.4 Å². The second-order valence-electron chi connectivity index (χ2n) is 6.30. The number of amides is 1. The molecule has 9 nitrogen and oxygen atoms in total. The van der Waals surface area contributed by atoms with Crippen molar-refractivity contribution in [2.45, 2.75) is 6.54 Å². The van der Waals surface area contributed by atoms with Gasteiger partial charge in [0, 0.05) is 38.4 Å². The highest BCUT2D eigenvalue weighted by Gasteiger charge is 2.27. The smallest absolute Gasteiger partial charge is 0.266 e. The number of hydrogen-bond donors (Lipinski definition) is 0. The van der Waals surface area contributed by atoms with E-state index in [0.717, 1.165) is 0 Å². The Bertz CT molecular complexity index is 1070. The molecule has 0 unspecified atom stereocenters. The number of oxazole rings is 1. The first-order valence-electron chi connectivity index (χ1n) is 8.78. The van der Waals surface area contributed by atoms with Crippen LogP contribution in [-0.2, 0) is 11.3 Å². The summed E-state index contributed by atoms with van der Waals surface area (Å²) in [5.41, 5.74) is -0.0257. The fourth-order valence-corrected chi connectivity index (χ4v) is 3.10. The number of piperazine rings is 1. The molecule has 1 fully saturated rings. The van der Waals surface area contributed by atoms with Gasteiger partial charge in [-0.15, -0.1) is 0 Å². The van der Waals surface area contributed by atoms with Crippen LogP contribution < -0.4 is 10.5 Å². The zero-order valence-corrected chi connectivity index (χ0v) is 14.9. The van der Waals surface area contributed by atoms with Crippen molar-refractivity contribution in [3.8, 4) is 17.7 Å². The number of carbonyl (C=O) groups is 1. The maximum absolute atomic E-state index is 12.5. The number of rotatable bonds is 4. The molecule has 0 saturated carbocycles. The van der Waals surface area contributed by atoms with E-state index in [1.807, 2.05) is 11.0 Å². The van der Waals surface area contributed by atoms with Crippen molar-refractivity contribution >= 4 is 11.8 Å². The topological polar surface area (TPSA) is 109 Å². The first kappa shape index (κ1) is 17.6. The van der Waals surface area contributed by atoms with Crippen LogP contribution in [0.15, 0.2) is 56.4 Å². The Morgan fingerprint density at radius 2 is 2.00 bits per heavy atom. The van der Waals surface area contributed by atoms with Crippen LogP contribution in [-0.4, -0.2) is 46.5 Å². The lowest BCUT2D eigenvalue weighted by molar-refractivity contribution is -0.132. The number of nitriles is 1. The van der Waals surface area contributed by atoms with Crippen molar-refractivity contribution in [3.05, 3.63) is 58.8 Å². The maximum atomic E-state index is 12.5. The van der Waals surface area contributed by atoms with Gasteiger partial charge in [-0.25, -0.2) is 0 Å². The minimum atomic E-state index is -0.208. The van der Waals surface area contributed by atoms with Crippen molar-refractivity contribution < 1.29 is 13.6 Å². The van der Waals surface area contributed by atoms with E-state index in [1.165, 1.54) is 16.9 Å². The molecule has 0 N–H and O–H groups in total. The predicted molar refractivity (Wildman–Crippen MR) is 98.4 cm³/mol. The summed E-state index contributed by atoms with van der Waals surface area (Å²) in [7, 11) is 0. The highest BCUT2D eigenvalue weighted by atomic mass is 16.4. The lowest BCUT2D eigenvalue weighted by atomic mass is 10.3. The van der Waals surface area contributed by atoms with Crippen molar-refractivity contribution in [2.75, 3.05) is 31.1 Å². The molecule has 3 aromatic heterocycles. The molecule has 0 radical (unpaired) electrons. The minimum absolute atomic E-state index is 0.00800. The van der Waals surface area contributed by atoms with E-state index in [2.05, 4.69) is 4.98 Å². The molecule has 0 aromatic carbocycles. The zero-order chi connectivity index (χ0) is 19.5. The Kier molecular flexibility index (Phi) is 4.68. The third kappa shape index (κ3) is 3.40. The van der Waals surface area contributed by atoms with Crippen LogP contribution in [0.5, 0.6) is 0 Å². The van der Waals surface area contributed by atoms with Crippen molar-refractivity contribution in [2.24, 2.45) is 0 Å². The van der Waals surface area contributed by atoms with Gasteiger partial charge >= 0.3 is 0 Å². The Hall–Kier alpha value is -3.80. The summed E-state index contributed by atoms with van der Waals surface area (Å²) in [6.07, 6.45) is 3.11. The molecule has 1 aliphatic heterocycles. The quantitative estimate of drug-likeness (QED) is 0.672. The van der Waals surface area contributed by atoms with E-state index >= 15 is 0 Å². The summed E-state index contributed by atoms with van der Waals surface area (Å²) in [4.78, 5) is 32.0. The molecule has 0 atom stereocenters. The molecule has 1 amide bonds. The van der Waals surface area contributed by atoms with Gasteiger partial charge in [0.2, 0.25) is 17.5 Å². The van der Waals surface area contributed by atoms with Crippen LogP contribution in [0.25, 0.3) is 11.7 Å². The molecule has 28 heavy (non-hydrogen) atoms. The molecule has 0 aliphatic carbocycles. The van der Waals surface area contributed by atoms with E-state index in [0.29, 0.717) is 37.8 Å². The molecule has 4 heterocycles. The molecular weight excluding hydrogens is 362 g/mol. The summed E-state index contributed by atoms with van der Waals surface area (Å²) >= 11 is 0. The predicted octanol–water partition coefficient (Wildman–Crippen LogP) is 1.32.